The number of H-pyrrole nitrogens is 1. The van der Waals surface area contributed by atoms with E-state index < -0.39 is 17.7 Å². The fourth-order valence-electron chi connectivity index (χ4n) is 4.29. The van der Waals surface area contributed by atoms with Gasteiger partial charge in [0, 0.05) is 42.8 Å². The number of Topliss-reactive ketones (excluding diaryl/α,β-unsaturated/α-hetero) is 1. The molecule has 1 saturated heterocycles. The van der Waals surface area contributed by atoms with Gasteiger partial charge in [-0.25, -0.2) is 0 Å². The molecule has 0 bridgehead atoms. The van der Waals surface area contributed by atoms with Gasteiger partial charge >= 0.3 is 5.97 Å². The number of aldehydes is 1. The molecule has 0 radical (unpaired) electrons. The van der Waals surface area contributed by atoms with Crippen molar-refractivity contribution >= 4 is 46.4 Å². The van der Waals surface area contributed by atoms with Gasteiger partial charge in [0.15, 0.2) is 6.29 Å². The quantitative estimate of drug-likeness (QED) is 0.213. The van der Waals surface area contributed by atoms with E-state index in [2.05, 4.69) is 10.3 Å². The molecule has 10 heteroatoms. The molecule has 2 aromatic carbocycles. The zero-order valence-electron chi connectivity index (χ0n) is 19.7. The van der Waals surface area contributed by atoms with Crippen molar-refractivity contribution in [2.24, 2.45) is 0 Å². The molecule has 1 aromatic heterocycles. The lowest BCUT2D eigenvalue weighted by molar-refractivity contribution is -0.143. The summed E-state index contributed by atoms with van der Waals surface area (Å²) in [4.78, 5) is 67.3. The van der Waals surface area contributed by atoms with Crippen LogP contribution in [-0.4, -0.2) is 83.5 Å². The first kappa shape index (κ1) is 24.6. The summed E-state index contributed by atoms with van der Waals surface area (Å²) >= 11 is 0. The predicted molar refractivity (Wildman–Crippen MR) is 132 cm³/mol. The Morgan fingerprint density at radius 2 is 1.86 bits per heavy atom. The van der Waals surface area contributed by atoms with Gasteiger partial charge in [0.1, 0.15) is 13.2 Å². The van der Waals surface area contributed by atoms with E-state index in [-0.39, 0.29) is 37.2 Å². The van der Waals surface area contributed by atoms with Gasteiger partial charge in [-0.1, -0.05) is 30.3 Å². The first-order chi connectivity index (χ1) is 17.4. The normalized spacial score (nSPS) is 15.4. The number of para-hydroxylation sites is 1. The van der Waals surface area contributed by atoms with Crippen molar-refractivity contribution < 1.29 is 28.7 Å². The number of aromatic nitrogens is 1. The monoisotopic (exact) mass is 490 g/mol. The topological polar surface area (TPSA) is 129 Å². The van der Waals surface area contributed by atoms with Crippen molar-refractivity contribution in [3.05, 3.63) is 65.9 Å². The Kier molecular flexibility index (Phi) is 7.43. The molecule has 10 nitrogen and oxygen atoms in total. The Balaban J connectivity index is 1.44. The van der Waals surface area contributed by atoms with E-state index in [1.807, 2.05) is 13.0 Å². The van der Waals surface area contributed by atoms with Crippen molar-refractivity contribution in [2.75, 3.05) is 38.1 Å². The summed E-state index contributed by atoms with van der Waals surface area (Å²) in [5.74, 6) is -1.99. The van der Waals surface area contributed by atoms with Crippen molar-refractivity contribution in [3.63, 3.8) is 0 Å². The van der Waals surface area contributed by atoms with Crippen LogP contribution in [0.15, 0.2) is 54.7 Å². The molecule has 0 aliphatic carbocycles. The maximum atomic E-state index is 13.2. The number of nitrogens with one attached hydrogen (secondary N) is 2. The zero-order valence-corrected chi connectivity index (χ0v) is 19.7. The smallest absolute Gasteiger partial charge is 0.325 e. The second kappa shape index (κ2) is 10.9. The zero-order chi connectivity index (χ0) is 25.7. The molecule has 1 atom stereocenters. The number of hydrogen-bond acceptors (Lipinski definition) is 7. The minimum absolute atomic E-state index is 0.104. The molecule has 1 aliphatic heterocycles. The van der Waals surface area contributed by atoms with Gasteiger partial charge in [-0.05, 0) is 25.1 Å². The molecule has 1 fully saturated rings. The summed E-state index contributed by atoms with van der Waals surface area (Å²) < 4.78 is 4.72. The number of ketones is 1. The van der Waals surface area contributed by atoms with E-state index >= 15 is 0 Å². The first-order valence-electron chi connectivity index (χ1n) is 11.5. The van der Waals surface area contributed by atoms with Gasteiger partial charge in [-0.2, -0.15) is 0 Å². The molecule has 0 saturated carbocycles. The molecule has 2 amide bonds. The minimum Gasteiger partial charge on any atom is -0.457 e. The van der Waals surface area contributed by atoms with Gasteiger partial charge in [-0.15, -0.1) is 0 Å². The fourth-order valence-corrected chi connectivity index (χ4v) is 4.29. The van der Waals surface area contributed by atoms with Gasteiger partial charge in [0.05, 0.1) is 16.8 Å². The van der Waals surface area contributed by atoms with Crippen LogP contribution in [0.4, 0.5) is 5.69 Å². The van der Waals surface area contributed by atoms with E-state index in [1.54, 1.807) is 47.4 Å². The number of rotatable bonds is 8. The number of nitrogens with zero attached hydrogens (tertiary/aromatic N) is 2. The van der Waals surface area contributed by atoms with Crippen LogP contribution in [0.1, 0.15) is 27.6 Å². The number of hydrogen-bond donors (Lipinski definition) is 2. The van der Waals surface area contributed by atoms with Gasteiger partial charge in [-0.3, -0.25) is 24.0 Å². The lowest BCUT2D eigenvalue weighted by atomic mass is 10.1. The van der Waals surface area contributed by atoms with E-state index in [1.165, 1.54) is 11.1 Å². The largest absolute Gasteiger partial charge is 0.457 e. The van der Waals surface area contributed by atoms with Crippen LogP contribution < -0.4 is 5.32 Å². The van der Waals surface area contributed by atoms with Gasteiger partial charge in [0.2, 0.25) is 0 Å². The van der Waals surface area contributed by atoms with Crippen LogP contribution in [0.3, 0.4) is 0 Å². The second-order valence-corrected chi connectivity index (χ2v) is 8.43. The van der Waals surface area contributed by atoms with E-state index in [0.717, 1.165) is 0 Å². The SMILES string of the molecule is C[C@@H]1CN(C(=O)c2ccccc2)CCN1C(=O)C(=O)c1c[nH]c2c(NCC(=O)OCC=O)cccc12. The Labute approximate surface area is 207 Å². The molecule has 4 rings (SSSR count). The minimum atomic E-state index is -0.654. The van der Waals surface area contributed by atoms with Crippen molar-refractivity contribution in [2.45, 2.75) is 13.0 Å². The highest BCUT2D eigenvalue weighted by Crippen LogP contribution is 2.26. The third-order valence-electron chi connectivity index (χ3n) is 6.09. The number of piperazine rings is 1. The molecule has 2 N–H and O–H groups in total. The molecule has 186 valence electrons. The maximum absolute atomic E-state index is 13.2. The maximum Gasteiger partial charge on any atom is 0.325 e. The Morgan fingerprint density at radius 1 is 1.08 bits per heavy atom. The van der Waals surface area contributed by atoms with Crippen LogP contribution in [-0.2, 0) is 19.1 Å². The first-order valence-corrected chi connectivity index (χ1v) is 11.5. The fraction of sp³-hybridized carbons (Fsp3) is 0.269. The van der Waals surface area contributed by atoms with Gasteiger partial charge in [0.25, 0.3) is 17.6 Å². The van der Waals surface area contributed by atoms with Gasteiger partial charge < -0.3 is 24.8 Å². The summed E-state index contributed by atoms with van der Waals surface area (Å²) in [5, 5.41) is 3.44. The number of aromatic amines is 1. The highest BCUT2D eigenvalue weighted by atomic mass is 16.5. The highest BCUT2D eigenvalue weighted by Gasteiger charge is 2.34. The molecule has 0 spiro atoms. The number of anilines is 1. The Bertz CT molecular complexity index is 1300. The summed E-state index contributed by atoms with van der Waals surface area (Å²) in [6.45, 7) is 2.24. The number of benzene rings is 2. The summed E-state index contributed by atoms with van der Waals surface area (Å²) in [5.41, 5.74) is 1.91. The molecular weight excluding hydrogens is 464 g/mol. The third-order valence-corrected chi connectivity index (χ3v) is 6.09. The van der Waals surface area contributed by atoms with Crippen molar-refractivity contribution in [1.29, 1.82) is 0 Å². The molecule has 1 aliphatic rings. The number of carbonyl (C=O) groups is 5. The third kappa shape index (κ3) is 5.12. The Hall–Kier alpha value is -4.47. The Morgan fingerprint density at radius 3 is 2.58 bits per heavy atom. The lowest BCUT2D eigenvalue weighted by Gasteiger charge is -2.39. The van der Waals surface area contributed by atoms with Crippen LogP contribution in [0.2, 0.25) is 0 Å². The van der Waals surface area contributed by atoms with Crippen molar-refractivity contribution in [1.82, 2.24) is 14.8 Å². The average molecular weight is 491 g/mol. The van der Waals surface area contributed by atoms with Crippen LogP contribution in [0.5, 0.6) is 0 Å². The lowest BCUT2D eigenvalue weighted by Crippen LogP contribution is -2.56. The van der Waals surface area contributed by atoms with E-state index in [9.17, 15) is 24.0 Å². The average Bonchev–Trinajstić information content (AvgIpc) is 3.34. The number of esters is 1. The van der Waals surface area contributed by atoms with Crippen LogP contribution >= 0.6 is 0 Å². The molecule has 36 heavy (non-hydrogen) atoms. The molecule has 3 aromatic rings. The highest BCUT2D eigenvalue weighted by molar-refractivity contribution is 6.45. The molecule has 2 heterocycles. The van der Waals surface area contributed by atoms with Crippen molar-refractivity contribution in [3.8, 4) is 0 Å². The summed E-state index contributed by atoms with van der Waals surface area (Å²) in [6, 6.07) is 13.7. The van der Waals surface area contributed by atoms with E-state index in [4.69, 9.17) is 4.74 Å². The van der Waals surface area contributed by atoms with Crippen LogP contribution in [0.25, 0.3) is 10.9 Å². The summed E-state index contributed by atoms with van der Waals surface area (Å²) in [6.07, 6.45) is 1.96. The number of carbonyl (C=O) groups excluding carboxylic acids is 5. The van der Waals surface area contributed by atoms with E-state index in [0.29, 0.717) is 41.5 Å². The summed E-state index contributed by atoms with van der Waals surface area (Å²) in [7, 11) is 0. The standard InChI is InChI=1S/C26H26N4O6/c1-17-16-29(25(34)18-6-3-2-4-7-18)10-11-30(17)26(35)24(33)20-14-28-23-19(20)8-5-9-21(23)27-15-22(32)36-13-12-31/h2-9,12,14,17,27-28H,10-11,13,15-16H2,1H3/t17-/m1/s1. The number of amides is 2. The second-order valence-electron chi connectivity index (χ2n) is 8.43. The number of fused-ring (bicyclic) bond motifs is 1. The number of ether oxygens (including phenoxy) is 1. The molecule has 0 unspecified atom stereocenters. The predicted octanol–water partition coefficient (Wildman–Crippen LogP) is 1.88. The van der Waals surface area contributed by atoms with Crippen LogP contribution in [0, 0.1) is 0 Å². The molecular formula is C26H26N4O6.